The Balaban J connectivity index is 1.88. The van der Waals surface area contributed by atoms with Crippen molar-refractivity contribution in [3.8, 4) is 0 Å². The van der Waals surface area contributed by atoms with Crippen LogP contribution in [0.2, 0.25) is 0 Å². The largest absolute Gasteiger partial charge is 0.462 e. The highest BCUT2D eigenvalue weighted by Gasteiger charge is 2.09. The molecule has 5 nitrogen and oxygen atoms in total. The van der Waals surface area contributed by atoms with E-state index in [1.54, 1.807) is 25.1 Å². The van der Waals surface area contributed by atoms with Gasteiger partial charge < -0.3 is 15.0 Å². The van der Waals surface area contributed by atoms with Crippen molar-refractivity contribution < 1.29 is 9.53 Å². The molecule has 1 heterocycles. The summed E-state index contributed by atoms with van der Waals surface area (Å²) in [6.45, 7) is 2.15. The lowest BCUT2D eigenvalue weighted by Crippen LogP contribution is -2.04. The van der Waals surface area contributed by atoms with Gasteiger partial charge in [-0.15, -0.1) is 0 Å². The molecule has 3 rings (SSSR count). The van der Waals surface area contributed by atoms with Crippen molar-refractivity contribution in [3.63, 3.8) is 0 Å². The average Bonchev–Trinajstić information content (AvgIpc) is 2.89. The van der Waals surface area contributed by atoms with Crippen LogP contribution in [0, 0.1) is 0 Å². The standard InChI is InChI=1S/C16H15N3O2/c1-2-21-15(20)11-8-9-13-14(10-11)19-16(18-13)17-12-6-4-3-5-7-12/h3-10H,2H2,1H3,(H2,17,18,19). The summed E-state index contributed by atoms with van der Waals surface area (Å²) in [5.74, 6) is 0.309. The molecule has 0 atom stereocenters. The number of hydrogen-bond donors (Lipinski definition) is 2. The van der Waals surface area contributed by atoms with Crippen LogP contribution in [0.5, 0.6) is 0 Å². The molecule has 0 saturated heterocycles. The number of H-pyrrole nitrogens is 1. The first kappa shape index (κ1) is 13.2. The number of carbonyl (C=O) groups is 1. The van der Waals surface area contributed by atoms with Gasteiger partial charge in [0.25, 0.3) is 0 Å². The van der Waals surface area contributed by atoms with Crippen molar-refractivity contribution in [1.82, 2.24) is 9.97 Å². The molecule has 2 aromatic carbocycles. The molecule has 0 bridgehead atoms. The second-order valence-electron chi connectivity index (χ2n) is 4.53. The minimum atomic E-state index is -0.327. The van der Waals surface area contributed by atoms with Gasteiger partial charge in [-0.25, -0.2) is 9.78 Å². The number of imidazole rings is 1. The Morgan fingerprint density at radius 1 is 1.24 bits per heavy atom. The number of para-hydroxylation sites is 1. The lowest BCUT2D eigenvalue weighted by Gasteiger charge is -2.01. The Morgan fingerprint density at radius 3 is 2.81 bits per heavy atom. The van der Waals surface area contributed by atoms with Crippen molar-refractivity contribution >= 4 is 28.6 Å². The monoisotopic (exact) mass is 281 g/mol. The molecule has 21 heavy (non-hydrogen) atoms. The molecule has 2 N–H and O–H groups in total. The van der Waals surface area contributed by atoms with E-state index in [-0.39, 0.29) is 5.97 Å². The second kappa shape index (κ2) is 5.66. The highest BCUT2D eigenvalue weighted by atomic mass is 16.5. The highest BCUT2D eigenvalue weighted by molar-refractivity contribution is 5.94. The van der Waals surface area contributed by atoms with E-state index >= 15 is 0 Å². The summed E-state index contributed by atoms with van der Waals surface area (Å²) in [5, 5.41) is 3.18. The first-order chi connectivity index (χ1) is 10.3. The van der Waals surface area contributed by atoms with Gasteiger partial charge in [0.15, 0.2) is 0 Å². The number of hydrogen-bond acceptors (Lipinski definition) is 4. The third-order valence-electron chi connectivity index (χ3n) is 3.03. The van der Waals surface area contributed by atoms with Crippen molar-refractivity contribution in [2.24, 2.45) is 0 Å². The summed E-state index contributed by atoms with van der Waals surface area (Å²) >= 11 is 0. The highest BCUT2D eigenvalue weighted by Crippen LogP contribution is 2.19. The third-order valence-corrected chi connectivity index (χ3v) is 3.03. The fraction of sp³-hybridized carbons (Fsp3) is 0.125. The van der Waals surface area contributed by atoms with Gasteiger partial charge in [-0.1, -0.05) is 18.2 Å². The summed E-state index contributed by atoms with van der Waals surface area (Å²) in [6.07, 6.45) is 0. The number of nitrogens with zero attached hydrogens (tertiary/aromatic N) is 1. The number of carbonyl (C=O) groups excluding carboxylic acids is 1. The Bertz CT molecular complexity index is 766. The number of aromatic amines is 1. The van der Waals surface area contributed by atoms with Crippen LogP contribution in [0.15, 0.2) is 48.5 Å². The SMILES string of the molecule is CCOC(=O)c1ccc2nc(Nc3ccccc3)[nH]c2c1. The number of fused-ring (bicyclic) bond motifs is 1. The van der Waals surface area contributed by atoms with Crippen molar-refractivity contribution in [1.29, 1.82) is 0 Å². The van der Waals surface area contributed by atoms with Crippen molar-refractivity contribution in [3.05, 3.63) is 54.1 Å². The molecular formula is C16H15N3O2. The predicted octanol–water partition coefficient (Wildman–Crippen LogP) is 3.48. The van der Waals surface area contributed by atoms with Crippen LogP contribution in [-0.4, -0.2) is 22.5 Å². The molecule has 0 aliphatic heterocycles. The maximum absolute atomic E-state index is 11.7. The van der Waals surface area contributed by atoms with Crippen LogP contribution < -0.4 is 5.32 Å². The molecule has 106 valence electrons. The Morgan fingerprint density at radius 2 is 2.05 bits per heavy atom. The number of anilines is 2. The van der Waals surface area contributed by atoms with E-state index in [0.29, 0.717) is 18.1 Å². The quantitative estimate of drug-likeness (QED) is 0.718. The van der Waals surface area contributed by atoms with Gasteiger partial charge in [0.2, 0.25) is 5.95 Å². The fourth-order valence-corrected chi connectivity index (χ4v) is 2.07. The molecule has 0 aliphatic rings. The number of benzene rings is 2. The molecule has 0 unspecified atom stereocenters. The van der Waals surface area contributed by atoms with E-state index in [0.717, 1.165) is 16.7 Å². The number of esters is 1. The maximum Gasteiger partial charge on any atom is 0.338 e. The van der Waals surface area contributed by atoms with Gasteiger partial charge in [0, 0.05) is 5.69 Å². The Hall–Kier alpha value is -2.82. The van der Waals surface area contributed by atoms with E-state index in [1.165, 1.54) is 0 Å². The van der Waals surface area contributed by atoms with E-state index in [4.69, 9.17) is 4.74 Å². The zero-order valence-electron chi connectivity index (χ0n) is 11.6. The van der Waals surface area contributed by atoms with E-state index < -0.39 is 0 Å². The number of ether oxygens (including phenoxy) is 1. The maximum atomic E-state index is 11.7. The normalized spacial score (nSPS) is 10.5. The molecule has 0 saturated carbocycles. The van der Waals surface area contributed by atoms with Crippen LogP contribution >= 0.6 is 0 Å². The predicted molar refractivity (Wildman–Crippen MR) is 81.8 cm³/mol. The molecule has 0 aliphatic carbocycles. The first-order valence-electron chi connectivity index (χ1n) is 6.75. The topological polar surface area (TPSA) is 67.0 Å². The second-order valence-corrected chi connectivity index (χ2v) is 4.53. The summed E-state index contributed by atoms with van der Waals surface area (Å²) in [7, 11) is 0. The van der Waals surface area contributed by atoms with Crippen LogP contribution in [0.25, 0.3) is 11.0 Å². The van der Waals surface area contributed by atoms with Gasteiger partial charge >= 0.3 is 5.97 Å². The van der Waals surface area contributed by atoms with E-state index in [2.05, 4.69) is 15.3 Å². The third kappa shape index (κ3) is 2.86. The summed E-state index contributed by atoms with van der Waals surface area (Å²) in [5.41, 5.74) is 3.04. The molecule has 5 heteroatoms. The minimum absolute atomic E-state index is 0.327. The lowest BCUT2D eigenvalue weighted by atomic mass is 10.2. The van der Waals surface area contributed by atoms with Crippen LogP contribution in [0.1, 0.15) is 17.3 Å². The molecule has 0 radical (unpaired) electrons. The van der Waals surface area contributed by atoms with Crippen LogP contribution in [0.4, 0.5) is 11.6 Å². The zero-order chi connectivity index (χ0) is 14.7. The summed E-state index contributed by atoms with van der Waals surface area (Å²) < 4.78 is 4.99. The molecule has 1 aromatic heterocycles. The van der Waals surface area contributed by atoms with Gasteiger partial charge in [-0.3, -0.25) is 0 Å². The Kier molecular flexibility index (Phi) is 3.55. The first-order valence-corrected chi connectivity index (χ1v) is 6.75. The molecule has 0 amide bonds. The fourth-order valence-electron chi connectivity index (χ4n) is 2.07. The van der Waals surface area contributed by atoms with Crippen molar-refractivity contribution in [2.45, 2.75) is 6.92 Å². The smallest absolute Gasteiger partial charge is 0.338 e. The van der Waals surface area contributed by atoms with Gasteiger partial charge in [-0.05, 0) is 37.3 Å². The zero-order valence-corrected chi connectivity index (χ0v) is 11.6. The average molecular weight is 281 g/mol. The summed E-state index contributed by atoms with van der Waals surface area (Å²) in [6, 6.07) is 15.0. The van der Waals surface area contributed by atoms with E-state index in [1.807, 2.05) is 30.3 Å². The summed E-state index contributed by atoms with van der Waals surface area (Å²) in [4.78, 5) is 19.3. The number of nitrogens with one attached hydrogen (secondary N) is 2. The molecule has 0 spiro atoms. The van der Waals surface area contributed by atoms with Gasteiger partial charge in [-0.2, -0.15) is 0 Å². The molecule has 3 aromatic rings. The number of rotatable bonds is 4. The van der Waals surface area contributed by atoms with Crippen LogP contribution in [-0.2, 0) is 4.74 Å². The minimum Gasteiger partial charge on any atom is -0.462 e. The van der Waals surface area contributed by atoms with Crippen molar-refractivity contribution in [2.75, 3.05) is 11.9 Å². The molecular weight excluding hydrogens is 266 g/mol. The van der Waals surface area contributed by atoms with Gasteiger partial charge in [0.1, 0.15) is 0 Å². The number of aromatic nitrogens is 2. The van der Waals surface area contributed by atoms with Crippen LogP contribution in [0.3, 0.4) is 0 Å². The molecule has 0 fully saturated rings. The van der Waals surface area contributed by atoms with Gasteiger partial charge in [0.05, 0.1) is 23.2 Å². The van der Waals surface area contributed by atoms with E-state index in [9.17, 15) is 4.79 Å². The lowest BCUT2D eigenvalue weighted by molar-refractivity contribution is 0.0526. The Labute approximate surface area is 122 Å².